The summed E-state index contributed by atoms with van der Waals surface area (Å²) >= 11 is 0. The molecule has 1 rings (SSSR count). The van der Waals surface area contributed by atoms with Gasteiger partial charge in [0, 0.05) is 0 Å². The molecule has 0 aliphatic carbocycles. The second-order valence-corrected chi connectivity index (χ2v) is 3.68. The van der Waals surface area contributed by atoms with Crippen molar-refractivity contribution in [2.75, 3.05) is 6.61 Å². The third-order valence-corrected chi connectivity index (χ3v) is 2.30. The molecule has 2 N–H and O–H groups in total. The van der Waals surface area contributed by atoms with Crippen molar-refractivity contribution in [1.29, 1.82) is 5.26 Å². The fourth-order valence-corrected chi connectivity index (χ4v) is 1.18. The zero-order chi connectivity index (χ0) is 11.3. The molecule has 0 spiro atoms. The Bertz CT molecular complexity index is 368. The van der Waals surface area contributed by atoms with E-state index in [2.05, 4.69) is 6.92 Å². The first-order valence-electron chi connectivity index (χ1n) is 4.96. The number of benzene rings is 1. The Hall–Kier alpha value is -1.53. The van der Waals surface area contributed by atoms with E-state index in [1.807, 2.05) is 31.2 Å². The van der Waals surface area contributed by atoms with Crippen LogP contribution in [-0.4, -0.2) is 12.6 Å². The van der Waals surface area contributed by atoms with Gasteiger partial charge in [-0.1, -0.05) is 6.07 Å². The molecule has 3 heteroatoms. The average molecular weight is 204 g/mol. The van der Waals surface area contributed by atoms with E-state index < -0.39 is 0 Å². The molecule has 0 saturated heterocycles. The van der Waals surface area contributed by atoms with Crippen LogP contribution in [-0.2, 0) is 0 Å². The number of hydrogen-bond acceptors (Lipinski definition) is 3. The molecule has 1 aromatic carbocycles. The van der Waals surface area contributed by atoms with Crippen molar-refractivity contribution in [2.45, 2.75) is 26.3 Å². The first-order valence-corrected chi connectivity index (χ1v) is 4.96. The summed E-state index contributed by atoms with van der Waals surface area (Å²) in [6.45, 7) is 4.48. The monoisotopic (exact) mass is 204 g/mol. The summed E-state index contributed by atoms with van der Waals surface area (Å²) in [5.41, 5.74) is 8.09. The van der Waals surface area contributed by atoms with Gasteiger partial charge in [-0.15, -0.1) is 0 Å². The van der Waals surface area contributed by atoms with Crippen LogP contribution in [0.1, 0.15) is 17.5 Å². The summed E-state index contributed by atoms with van der Waals surface area (Å²) in [5, 5.41) is 8.43. The lowest BCUT2D eigenvalue weighted by atomic mass is 10.1. The van der Waals surface area contributed by atoms with Crippen LogP contribution in [0.2, 0.25) is 0 Å². The molecule has 15 heavy (non-hydrogen) atoms. The number of nitrogens with zero attached hydrogens (tertiary/aromatic N) is 1. The summed E-state index contributed by atoms with van der Waals surface area (Å²) in [6, 6.07) is 7.72. The highest BCUT2D eigenvalue weighted by Gasteiger charge is 2.03. The van der Waals surface area contributed by atoms with Gasteiger partial charge in [0.05, 0.1) is 18.5 Å². The van der Waals surface area contributed by atoms with E-state index in [-0.39, 0.29) is 6.04 Å². The third-order valence-electron chi connectivity index (χ3n) is 2.30. The van der Waals surface area contributed by atoms with Crippen molar-refractivity contribution in [1.82, 2.24) is 0 Å². The molecule has 0 bridgehead atoms. The number of nitrogens with two attached hydrogens (primary N) is 1. The van der Waals surface area contributed by atoms with Crippen LogP contribution in [0.4, 0.5) is 0 Å². The van der Waals surface area contributed by atoms with Gasteiger partial charge in [0.1, 0.15) is 12.4 Å². The molecule has 0 aromatic heterocycles. The van der Waals surface area contributed by atoms with Crippen molar-refractivity contribution < 1.29 is 4.74 Å². The topological polar surface area (TPSA) is 59.0 Å². The summed E-state index contributed by atoms with van der Waals surface area (Å²) in [4.78, 5) is 0. The fraction of sp³-hybridized carbons (Fsp3) is 0.417. The summed E-state index contributed by atoms with van der Waals surface area (Å²) in [7, 11) is 0. The van der Waals surface area contributed by atoms with E-state index in [0.29, 0.717) is 13.0 Å². The van der Waals surface area contributed by atoms with Gasteiger partial charge in [-0.25, -0.2) is 0 Å². The zero-order valence-electron chi connectivity index (χ0n) is 9.16. The van der Waals surface area contributed by atoms with Crippen molar-refractivity contribution in [2.24, 2.45) is 5.73 Å². The molecular formula is C12H16N2O. The molecule has 0 aliphatic heterocycles. The van der Waals surface area contributed by atoms with E-state index in [0.717, 1.165) is 5.75 Å². The number of rotatable bonds is 4. The highest BCUT2D eigenvalue weighted by Crippen LogP contribution is 2.16. The Morgan fingerprint density at radius 1 is 1.40 bits per heavy atom. The molecule has 0 saturated carbocycles. The van der Waals surface area contributed by atoms with Gasteiger partial charge < -0.3 is 10.5 Å². The minimum absolute atomic E-state index is 0.211. The van der Waals surface area contributed by atoms with Crippen LogP contribution in [0.15, 0.2) is 18.2 Å². The Morgan fingerprint density at radius 2 is 2.13 bits per heavy atom. The lowest BCUT2D eigenvalue weighted by Gasteiger charge is -2.11. The quantitative estimate of drug-likeness (QED) is 0.815. The standard InChI is InChI=1S/C12H16N2O/c1-9-3-4-12(7-10(9)2)15-8-11(14)5-6-13/h3-4,7,11H,5,8,14H2,1-2H3. The smallest absolute Gasteiger partial charge is 0.119 e. The highest BCUT2D eigenvalue weighted by atomic mass is 16.5. The van der Waals surface area contributed by atoms with Gasteiger partial charge >= 0.3 is 0 Å². The number of ether oxygens (including phenoxy) is 1. The van der Waals surface area contributed by atoms with Crippen LogP contribution >= 0.6 is 0 Å². The Morgan fingerprint density at radius 3 is 2.73 bits per heavy atom. The second-order valence-electron chi connectivity index (χ2n) is 3.68. The van der Waals surface area contributed by atoms with E-state index in [9.17, 15) is 0 Å². The van der Waals surface area contributed by atoms with Gasteiger partial charge in [-0.2, -0.15) is 5.26 Å². The molecule has 80 valence electrons. The number of hydrogen-bond donors (Lipinski definition) is 1. The van der Waals surface area contributed by atoms with Crippen LogP contribution < -0.4 is 10.5 Å². The molecule has 1 aromatic rings. The molecular weight excluding hydrogens is 188 g/mol. The lowest BCUT2D eigenvalue weighted by Crippen LogP contribution is -2.27. The highest BCUT2D eigenvalue weighted by molar-refractivity contribution is 5.33. The van der Waals surface area contributed by atoms with Gasteiger partial charge in [0.15, 0.2) is 0 Å². The van der Waals surface area contributed by atoms with Crippen molar-refractivity contribution >= 4 is 0 Å². The van der Waals surface area contributed by atoms with Gasteiger partial charge in [-0.3, -0.25) is 0 Å². The van der Waals surface area contributed by atoms with E-state index >= 15 is 0 Å². The molecule has 0 amide bonds. The predicted octanol–water partition coefficient (Wildman–Crippen LogP) is 1.92. The minimum Gasteiger partial charge on any atom is -0.492 e. The zero-order valence-corrected chi connectivity index (χ0v) is 9.16. The lowest BCUT2D eigenvalue weighted by molar-refractivity contribution is 0.289. The van der Waals surface area contributed by atoms with Gasteiger partial charge in [0.25, 0.3) is 0 Å². The molecule has 1 unspecified atom stereocenters. The predicted molar refractivity (Wildman–Crippen MR) is 59.6 cm³/mol. The number of nitriles is 1. The minimum atomic E-state index is -0.211. The largest absolute Gasteiger partial charge is 0.492 e. The summed E-state index contributed by atoms with van der Waals surface area (Å²) < 4.78 is 5.48. The van der Waals surface area contributed by atoms with Crippen LogP contribution in [0.3, 0.4) is 0 Å². The van der Waals surface area contributed by atoms with Gasteiger partial charge in [0.2, 0.25) is 0 Å². The maximum atomic E-state index is 8.43. The average Bonchev–Trinajstić information content (AvgIpc) is 2.20. The summed E-state index contributed by atoms with van der Waals surface area (Å²) in [6.07, 6.45) is 0.324. The van der Waals surface area contributed by atoms with Crippen LogP contribution in [0.25, 0.3) is 0 Å². The van der Waals surface area contributed by atoms with Crippen LogP contribution in [0, 0.1) is 25.2 Å². The van der Waals surface area contributed by atoms with Crippen molar-refractivity contribution in [3.63, 3.8) is 0 Å². The van der Waals surface area contributed by atoms with E-state index in [4.69, 9.17) is 15.7 Å². The molecule has 0 heterocycles. The van der Waals surface area contributed by atoms with E-state index in [1.54, 1.807) is 0 Å². The Kier molecular flexibility index (Phi) is 4.14. The Labute approximate surface area is 90.5 Å². The van der Waals surface area contributed by atoms with Gasteiger partial charge in [-0.05, 0) is 37.1 Å². The maximum absolute atomic E-state index is 8.43. The first kappa shape index (κ1) is 11.5. The van der Waals surface area contributed by atoms with Crippen molar-refractivity contribution in [3.05, 3.63) is 29.3 Å². The molecule has 3 nitrogen and oxygen atoms in total. The molecule has 1 atom stereocenters. The normalized spacial score (nSPS) is 11.9. The molecule has 0 fully saturated rings. The van der Waals surface area contributed by atoms with E-state index in [1.165, 1.54) is 11.1 Å². The third kappa shape index (κ3) is 3.61. The maximum Gasteiger partial charge on any atom is 0.119 e. The number of aryl methyl sites for hydroxylation is 2. The Balaban J connectivity index is 2.51. The fourth-order valence-electron chi connectivity index (χ4n) is 1.18. The SMILES string of the molecule is Cc1ccc(OCC(N)CC#N)cc1C. The van der Waals surface area contributed by atoms with Crippen LogP contribution in [0.5, 0.6) is 5.75 Å². The molecule has 0 radical (unpaired) electrons. The molecule has 0 aliphatic rings. The van der Waals surface area contributed by atoms with Crippen molar-refractivity contribution in [3.8, 4) is 11.8 Å². The first-order chi connectivity index (χ1) is 7.13. The second kappa shape index (κ2) is 5.38. The summed E-state index contributed by atoms with van der Waals surface area (Å²) in [5.74, 6) is 0.812.